The molecule has 2 heterocycles. The third-order valence-corrected chi connectivity index (χ3v) is 4.43. The molecule has 0 atom stereocenters. The third kappa shape index (κ3) is 3.42. The smallest absolute Gasteiger partial charge is 0.229 e. The maximum atomic E-state index is 6.20. The minimum atomic E-state index is 0.446. The second kappa shape index (κ2) is 6.70. The molecule has 25 heavy (non-hydrogen) atoms. The summed E-state index contributed by atoms with van der Waals surface area (Å²) in [4.78, 5) is 8.69. The van der Waals surface area contributed by atoms with Gasteiger partial charge in [-0.25, -0.2) is 4.98 Å². The van der Waals surface area contributed by atoms with Gasteiger partial charge in [-0.05, 0) is 46.3 Å². The standard InChI is InChI=1S/C17H12BrClN6/c18-15-12-8-11(6-7-14(12)24-25-15)22-17-20-9-13(19)16(23-17)21-10-4-2-1-3-5-10/h1-9H,(H,24,25)(H2,20,21,22,23). The van der Waals surface area contributed by atoms with Gasteiger partial charge in [0.2, 0.25) is 5.95 Å². The largest absolute Gasteiger partial charge is 0.339 e. The van der Waals surface area contributed by atoms with E-state index in [1.54, 1.807) is 6.20 Å². The second-order valence-corrected chi connectivity index (χ2v) is 6.48. The monoisotopic (exact) mass is 414 g/mol. The van der Waals surface area contributed by atoms with E-state index >= 15 is 0 Å². The first kappa shape index (κ1) is 15.9. The van der Waals surface area contributed by atoms with E-state index in [4.69, 9.17) is 11.6 Å². The Kier molecular flexibility index (Phi) is 4.25. The van der Waals surface area contributed by atoms with Crippen molar-refractivity contribution in [3.05, 3.63) is 64.4 Å². The Morgan fingerprint density at radius 2 is 1.84 bits per heavy atom. The van der Waals surface area contributed by atoms with Crippen LogP contribution in [0.3, 0.4) is 0 Å². The molecule has 8 heteroatoms. The normalized spacial score (nSPS) is 10.8. The number of aromatic amines is 1. The summed E-state index contributed by atoms with van der Waals surface area (Å²) in [6.07, 6.45) is 1.56. The lowest BCUT2D eigenvalue weighted by Gasteiger charge is -2.10. The van der Waals surface area contributed by atoms with Crippen molar-refractivity contribution in [3.8, 4) is 0 Å². The van der Waals surface area contributed by atoms with Crippen LogP contribution in [0.2, 0.25) is 5.02 Å². The summed E-state index contributed by atoms with van der Waals surface area (Å²) in [6.45, 7) is 0. The van der Waals surface area contributed by atoms with Crippen LogP contribution in [0, 0.1) is 0 Å². The number of aromatic nitrogens is 4. The van der Waals surface area contributed by atoms with E-state index < -0.39 is 0 Å². The quantitative estimate of drug-likeness (QED) is 0.424. The number of nitrogens with zero attached hydrogens (tertiary/aromatic N) is 3. The van der Waals surface area contributed by atoms with E-state index in [0.29, 0.717) is 16.8 Å². The zero-order valence-electron chi connectivity index (χ0n) is 12.8. The van der Waals surface area contributed by atoms with Crippen molar-refractivity contribution in [3.63, 3.8) is 0 Å². The maximum absolute atomic E-state index is 6.20. The van der Waals surface area contributed by atoms with Gasteiger partial charge in [-0.15, -0.1) is 0 Å². The Morgan fingerprint density at radius 1 is 1.00 bits per heavy atom. The molecule has 6 nitrogen and oxygen atoms in total. The number of halogens is 2. The highest BCUT2D eigenvalue weighted by molar-refractivity contribution is 9.10. The molecule has 4 rings (SSSR count). The Morgan fingerprint density at radius 3 is 2.68 bits per heavy atom. The molecule has 2 aromatic heterocycles. The van der Waals surface area contributed by atoms with Crippen LogP contribution >= 0.6 is 27.5 Å². The van der Waals surface area contributed by atoms with Gasteiger partial charge in [-0.3, -0.25) is 5.10 Å². The summed E-state index contributed by atoms with van der Waals surface area (Å²) >= 11 is 9.64. The van der Waals surface area contributed by atoms with Crippen LogP contribution < -0.4 is 10.6 Å². The number of rotatable bonds is 4. The molecule has 0 saturated heterocycles. The zero-order valence-corrected chi connectivity index (χ0v) is 15.1. The van der Waals surface area contributed by atoms with E-state index in [0.717, 1.165) is 26.9 Å². The summed E-state index contributed by atoms with van der Waals surface area (Å²) in [5.41, 5.74) is 2.63. The van der Waals surface area contributed by atoms with Crippen molar-refractivity contribution in [2.45, 2.75) is 0 Å². The Bertz CT molecular complexity index is 1030. The minimum Gasteiger partial charge on any atom is -0.339 e. The zero-order chi connectivity index (χ0) is 17.2. The number of anilines is 4. The predicted molar refractivity (Wildman–Crippen MR) is 104 cm³/mol. The van der Waals surface area contributed by atoms with E-state index in [1.807, 2.05) is 48.5 Å². The number of nitrogens with one attached hydrogen (secondary N) is 3. The molecular formula is C17H12BrClN6. The van der Waals surface area contributed by atoms with Crippen LogP contribution in [-0.2, 0) is 0 Å². The highest BCUT2D eigenvalue weighted by Gasteiger charge is 2.08. The molecule has 0 aliphatic carbocycles. The van der Waals surface area contributed by atoms with Gasteiger partial charge >= 0.3 is 0 Å². The van der Waals surface area contributed by atoms with Crippen molar-refractivity contribution >= 4 is 61.6 Å². The van der Waals surface area contributed by atoms with Gasteiger partial charge in [0.1, 0.15) is 9.63 Å². The molecule has 0 spiro atoms. The van der Waals surface area contributed by atoms with Crippen molar-refractivity contribution in [1.29, 1.82) is 0 Å². The van der Waals surface area contributed by atoms with Crippen LogP contribution in [0.15, 0.2) is 59.3 Å². The molecule has 0 radical (unpaired) electrons. The van der Waals surface area contributed by atoms with Gasteiger partial charge < -0.3 is 10.6 Å². The molecule has 0 fully saturated rings. The summed E-state index contributed by atoms with van der Waals surface area (Å²) in [6, 6.07) is 15.5. The maximum Gasteiger partial charge on any atom is 0.229 e. The number of para-hydroxylation sites is 1. The fourth-order valence-corrected chi connectivity index (χ4v) is 2.90. The van der Waals surface area contributed by atoms with Crippen LogP contribution in [0.1, 0.15) is 0 Å². The molecule has 0 amide bonds. The average molecular weight is 416 g/mol. The SMILES string of the molecule is Clc1cnc(Nc2ccc3n[nH]c(Br)c3c2)nc1Nc1ccccc1. The minimum absolute atomic E-state index is 0.446. The number of hydrogen-bond acceptors (Lipinski definition) is 5. The highest BCUT2D eigenvalue weighted by atomic mass is 79.9. The lowest BCUT2D eigenvalue weighted by Crippen LogP contribution is -2.01. The molecule has 0 aliphatic heterocycles. The fraction of sp³-hybridized carbons (Fsp3) is 0. The first-order chi connectivity index (χ1) is 12.2. The van der Waals surface area contributed by atoms with Crippen LogP contribution in [0.4, 0.5) is 23.1 Å². The van der Waals surface area contributed by atoms with Crippen molar-refractivity contribution in [2.75, 3.05) is 10.6 Å². The first-order valence-corrected chi connectivity index (χ1v) is 8.61. The second-order valence-electron chi connectivity index (χ2n) is 5.28. The van der Waals surface area contributed by atoms with E-state index in [1.165, 1.54) is 0 Å². The predicted octanol–water partition coefficient (Wildman–Crippen LogP) is 5.26. The van der Waals surface area contributed by atoms with Gasteiger partial charge in [-0.1, -0.05) is 29.8 Å². The van der Waals surface area contributed by atoms with Gasteiger partial charge in [0.15, 0.2) is 5.82 Å². The lowest BCUT2D eigenvalue weighted by atomic mass is 10.2. The van der Waals surface area contributed by atoms with Gasteiger partial charge in [-0.2, -0.15) is 10.1 Å². The molecule has 3 N–H and O–H groups in total. The van der Waals surface area contributed by atoms with Crippen LogP contribution in [0.25, 0.3) is 10.9 Å². The third-order valence-electron chi connectivity index (χ3n) is 3.54. The van der Waals surface area contributed by atoms with Gasteiger partial charge in [0.25, 0.3) is 0 Å². The molecule has 2 aromatic carbocycles. The molecule has 0 bridgehead atoms. The number of fused-ring (bicyclic) bond motifs is 1. The Hall–Kier alpha value is -2.64. The van der Waals surface area contributed by atoms with Crippen molar-refractivity contribution in [1.82, 2.24) is 20.2 Å². The number of benzene rings is 2. The number of hydrogen-bond donors (Lipinski definition) is 3. The number of H-pyrrole nitrogens is 1. The molecule has 124 valence electrons. The molecular weight excluding hydrogens is 404 g/mol. The first-order valence-electron chi connectivity index (χ1n) is 7.44. The van der Waals surface area contributed by atoms with Crippen molar-refractivity contribution < 1.29 is 0 Å². The summed E-state index contributed by atoms with van der Waals surface area (Å²) in [5.74, 6) is 0.984. The average Bonchev–Trinajstić information content (AvgIpc) is 3.00. The molecule has 0 unspecified atom stereocenters. The Labute approximate surface area is 156 Å². The van der Waals surface area contributed by atoms with Crippen LogP contribution in [-0.4, -0.2) is 20.2 Å². The van der Waals surface area contributed by atoms with E-state index in [-0.39, 0.29) is 0 Å². The molecule has 4 aromatic rings. The van der Waals surface area contributed by atoms with Crippen LogP contribution in [0.5, 0.6) is 0 Å². The van der Waals surface area contributed by atoms with Crippen molar-refractivity contribution in [2.24, 2.45) is 0 Å². The fourth-order valence-electron chi connectivity index (χ4n) is 2.36. The van der Waals surface area contributed by atoms with E-state index in [9.17, 15) is 0 Å². The Balaban J connectivity index is 1.61. The van der Waals surface area contributed by atoms with Gasteiger partial charge in [0.05, 0.1) is 11.7 Å². The highest BCUT2D eigenvalue weighted by Crippen LogP contribution is 2.27. The van der Waals surface area contributed by atoms with Gasteiger partial charge in [0, 0.05) is 16.8 Å². The summed E-state index contributed by atoms with van der Waals surface area (Å²) in [7, 11) is 0. The molecule has 0 saturated carbocycles. The summed E-state index contributed by atoms with van der Waals surface area (Å²) in [5, 5.41) is 14.9. The summed E-state index contributed by atoms with van der Waals surface area (Å²) < 4.78 is 0.828. The molecule has 0 aliphatic rings. The topological polar surface area (TPSA) is 78.5 Å². The lowest BCUT2D eigenvalue weighted by molar-refractivity contribution is 1.10. The van der Waals surface area contributed by atoms with E-state index in [2.05, 4.69) is 46.7 Å².